The van der Waals surface area contributed by atoms with Crippen molar-refractivity contribution in [3.63, 3.8) is 0 Å². The van der Waals surface area contributed by atoms with Gasteiger partial charge in [-0.25, -0.2) is 0 Å². The van der Waals surface area contributed by atoms with Crippen molar-refractivity contribution in [1.29, 1.82) is 0 Å². The van der Waals surface area contributed by atoms with Gasteiger partial charge in [0.15, 0.2) is 0 Å². The van der Waals surface area contributed by atoms with Crippen LogP contribution in [0.3, 0.4) is 0 Å². The molecular weight excluding hydrogens is 383 g/mol. The van der Waals surface area contributed by atoms with Crippen molar-refractivity contribution < 1.29 is 28.5 Å². The van der Waals surface area contributed by atoms with E-state index in [-0.39, 0.29) is 23.3 Å². The number of phenols is 2. The summed E-state index contributed by atoms with van der Waals surface area (Å²) >= 11 is 0. The summed E-state index contributed by atoms with van der Waals surface area (Å²) in [6.07, 6.45) is -1.88. The van der Waals surface area contributed by atoms with Gasteiger partial charge in [-0.15, -0.1) is 0 Å². The van der Waals surface area contributed by atoms with E-state index in [1.54, 1.807) is 6.92 Å². The molecule has 0 aliphatic heterocycles. The maximum atomic E-state index is 12.7. The molecule has 0 spiro atoms. The van der Waals surface area contributed by atoms with Gasteiger partial charge in [0.05, 0.1) is 6.10 Å². The van der Waals surface area contributed by atoms with Crippen LogP contribution >= 0.6 is 0 Å². The third-order valence-electron chi connectivity index (χ3n) is 5.37. The predicted molar refractivity (Wildman–Crippen MR) is 103 cm³/mol. The summed E-state index contributed by atoms with van der Waals surface area (Å²) in [6, 6.07) is 4.87. The van der Waals surface area contributed by atoms with Crippen molar-refractivity contribution >= 4 is 0 Å². The Morgan fingerprint density at radius 3 is 2.24 bits per heavy atom. The summed E-state index contributed by atoms with van der Waals surface area (Å²) in [6.45, 7) is 7.57. The van der Waals surface area contributed by atoms with Crippen LogP contribution in [0, 0.1) is 5.92 Å². The van der Waals surface area contributed by atoms with Crippen molar-refractivity contribution in [3.8, 4) is 22.6 Å². The van der Waals surface area contributed by atoms with E-state index in [9.17, 15) is 28.5 Å². The molecule has 1 heterocycles. The van der Waals surface area contributed by atoms with Crippen LogP contribution in [-0.2, 0) is 6.18 Å². The van der Waals surface area contributed by atoms with Gasteiger partial charge in [0.1, 0.15) is 17.2 Å². The molecule has 0 unspecified atom stereocenters. The molecule has 0 saturated heterocycles. The van der Waals surface area contributed by atoms with Crippen LogP contribution in [0.2, 0.25) is 0 Å². The Balaban J connectivity index is 2.03. The second-order valence-electron chi connectivity index (χ2n) is 7.50. The number of rotatable bonds is 3. The topological polar surface area (TPSA) is 73.6 Å². The van der Waals surface area contributed by atoms with Crippen LogP contribution in [0.4, 0.5) is 13.2 Å². The molecule has 1 aliphatic carbocycles. The summed E-state index contributed by atoms with van der Waals surface area (Å²) < 4.78 is 38.1. The number of benzene rings is 1. The number of aliphatic hydroxyl groups is 1. The number of hydrogen-bond donors (Lipinski definition) is 3. The molecule has 0 saturated carbocycles. The number of halogens is 3. The monoisotopic (exact) mass is 405 g/mol. The van der Waals surface area contributed by atoms with E-state index in [1.165, 1.54) is 18.2 Å². The number of aromatic hydroxyl groups is 2. The van der Waals surface area contributed by atoms with Gasteiger partial charge in [-0.2, -0.15) is 13.2 Å². The standard InChI is InChI=1S/C22H22F3NO3/c1-11(2)15-9-17(27)12(3)6-16(15)21-18(28)7-14(8-19(21)29)13-4-5-20(26-10-13)22(23,24)25/h4-8,10,15-17,27-29H,1,9H2,2-3H3/t15-,16+,17-/m0/s1. The first kappa shape index (κ1) is 20.9. The molecule has 1 aromatic carbocycles. The van der Waals surface area contributed by atoms with Crippen LogP contribution in [0.1, 0.15) is 37.4 Å². The lowest BCUT2D eigenvalue weighted by Gasteiger charge is -2.34. The summed E-state index contributed by atoms with van der Waals surface area (Å²) in [5.41, 5.74) is 1.51. The van der Waals surface area contributed by atoms with Crippen LogP contribution in [0.25, 0.3) is 11.1 Å². The lowest BCUT2D eigenvalue weighted by Crippen LogP contribution is -2.26. The van der Waals surface area contributed by atoms with E-state index in [0.717, 1.165) is 23.4 Å². The Labute approximate surface area is 166 Å². The quantitative estimate of drug-likeness (QED) is 0.617. The first-order valence-corrected chi connectivity index (χ1v) is 9.10. The van der Waals surface area contributed by atoms with Crippen molar-refractivity contribution in [1.82, 2.24) is 4.98 Å². The fraction of sp³-hybridized carbons (Fsp3) is 0.318. The summed E-state index contributed by atoms with van der Waals surface area (Å²) in [5, 5.41) is 31.4. The molecule has 29 heavy (non-hydrogen) atoms. The average molecular weight is 405 g/mol. The molecule has 154 valence electrons. The number of nitrogens with zero attached hydrogens (tertiary/aromatic N) is 1. The first-order valence-electron chi connectivity index (χ1n) is 9.10. The molecule has 0 amide bonds. The predicted octanol–water partition coefficient (Wildman–Crippen LogP) is 5.17. The molecule has 4 nitrogen and oxygen atoms in total. The molecule has 3 atom stereocenters. The molecule has 2 aromatic rings. The Morgan fingerprint density at radius 1 is 1.14 bits per heavy atom. The molecule has 1 aliphatic rings. The lowest BCUT2D eigenvalue weighted by atomic mass is 9.72. The van der Waals surface area contributed by atoms with Crippen molar-refractivity contribution in [2.75, 3.05) is 0 Å². The van der Waals surface area contributed by atoms with E-state index in [1.807, 2.05) is 13.0 Å². The highest BCUT2D eigenvalue weighted by Crippen LogP contribution is 2.47. The largest absolute Gasteiger partial charge is 0.507 e. The van der Waals surface area contributed by atoms with Crippen molar-refractivity contribution in [2.45, 2.75) is 38.5 Å². The van der Waals surface area contributed by atoms with Gasteiger partial charge >= 0.3 is 6.18 Å². The second kappa shape index (κ2) is 7.55. The maximum Gasteiger partial charge on any atom is 0.433 e. The smallest absolute Gasteiger partial charge is 0.433 e. The zero-order chi connectivity index (χ0) is 21.5. The second-order valence-corrected chi connectivity index (χ2v) is 7.50. The Bertz CT molecular complexity index is 941. The minimum atomic E-state index is -4.54. The molecule has 0 fully saturated rings. The minimum Gasteiger partial charge on any atom is -0.507 e. The highest BCUT2D eigenvalue weighted by Gasteiger charge is 2.34. The molecule has 7 heteroatoms. The van der Waals surface area contributed by atoms with Crippen LogP contribution < -0.4 is 0 Å². The fourth-order valence-electron chi connectivity index (χ4n) is 3.74. The molecule has 3 rings (SSSR count). The molecule has 1 aromatic heterocycles. The van der Waals surface area contributed by atoms with E-state index in [0.29, 0.717) is 23.1 Å². The molecular formula is C22H22F3NO3. The zero-order valence-corrected chi connectivity index (χ0v) is 16.0. The van der Waals surface area contributed by atoms with Crippen LogP contribution in [-0.4, -0.2) is 26.4 Å². The van der Waals surface area contributed by atoms with Crippen molar-refractivity contribution in [3.05, 3.63) is 65.5 Å². The normalized spacial score (nSPS) is 22.3. The SMILES string of the molecule is C=C(C)[C@@H]1C[C@H](O)C(C)=C[C@H]1c1c(O)cc(-c2ccc(C(F)(F)F)nc2)cc1O. The highest BCUT2D eigenvalue weighted by molar-refractivity contribution is 5.69. The van der Waals surface area contributed by atoms with Gasteiger partial charge in [0.25, 0.3) is 0 Å². The molecule has 0 bridgehead atoms. The van der Waals surface area contributed by atoms with Gasteiger partial charge in [-0.05, 0) is 55.5 Å². The summed E-state index contributed by atoms with van der Waals surface area (Å²) in [7, 11) is 0. The third kappa shape index (κ3) is 4.15. The number of alkyl halides is 3. The zero-order valence-electron chi connectivity index (χ0n) is 16.0. The third-order valence-corrected chi connectivity index (χ3v) is 5.37. The maximum absolute atomic E-state index is 12.7. The summed E-state index contributed by atoms with van der Waals surface area (Å²) in [5.74, 6) is -0.923. The van der Waals surface area contributed by atoms with Gasteiger partial charge < -0.3 is 15.3 Å². The first-order chi connectivity index (χ1) is 13.5. The van der Waals surface area contributed by atoms with Crippen LogP contribution in [0.5, 0.6) is 11.5 Å². The van der Waals surface area contributed by atoms with Gasteiger partial charge in [0.2, 0.25) is 0 Å². The minimum absolute atomic E-state index is 0.177. The van der Waals surface area contributed by atoms with E-state index in [2.05, 4.69) is 11.6 Å². The van der Waals surface area contributed by atoms with Gasteiger partial charge in [0, 0.05) is 23.2 Å². The van der Waals surface area contributed by atoms with E-state index >= 15 is 0 Å². The van der Waals surface area contributed by atoms with Gasteiger partial charge in [-0.3, -0.25) is 4.98 Å². The Kier molecular flexibility index (Phi) is 5.45. The molecule has 3 N–H and O–H groups in total. The average Bonchev–Trinajstić information content (AvgIpc) is 2.63. The van der Waals surface area contributed by atoms with Gasteiger partial charge in [-0.1, -0.05) is 24.3 Å². The number of aliphatic hydroxyl groups excluding tert-OH is 1. The number of hydrogen-bond acceptors (Lipinski definition) is 4. The number of pyridine rings is 1. The Morgan fingerprint density at radius 2 is 1.76 bits per heavy atom. The Hall–Kier alpha value is -2.80. The van der Waals surface area contributed by atoms with E-state index in [4.69, 9.17) is 0 Å². The molecule has 0 radical (unpaired) electrons. The highest BCUT2D eigenvalue weighted by atomic mass is 19.4. The fourth-order valence-corrected chi connectivity index (χ4v) is 3.74. The van der Waals surface area contributed by atoms with E-state index < -0.39 is 18.0 Å². The number of allylic oxidation sites excluding steroid dienone is 2. The number of aromatic nitrogens is 1. The number of phenolic OH excluding ortho intramolecular Hbond substituents is 2. The van der Waals surface area contributed by atoms with Crippen molar-refractivity contribution in [2.24, 2.45) is 5.92 Å². The van der Waals surface area contributed by atoms with Crippen LogP contribution in [0.15, 0.2) is 54.3 Å². The summed E-state index contributed by atoms with van der Waals surface area (Å²) in [4.78, 5) is 3.41. The lowest BCUT2D eigenvalue weighted by molar-refractivity contribution is -0.141.